The Bertz CT molecular complexity index is 595. The van der Waals surface area contributed by atoms with Crippen LogP contribution in [0.25, 0.3) is 0 Å². The number of rotatable bonds is 4. The van der Waals surface area contributed by atoms with Crippen molar-refractivity contribution < 1.29 is 14.7 Å². The average Bonchev–Trinajstić information content (AvgIpc) is 2.50. The number of amides is 2. The van der Waals surface area contributed by atoms with Gasteiger partial charge in [0.15, 0.2) is 0 Å². The van der Waals surface area contributed by atoms with Crippen molar-refractivity contribution >= 4 is 35.2 Å². The van der Waals surface area contributed by atoms with E-state index in [0.717, 1.165) is 5.56 Å². The van der Waals surface area contributed by atoms with Crippen LogP contribution < -0.4 is 5.32 Å². The van der Waals surface area contributed by atoms with E-state index in [2.05, 4.69) is 5.32 Å². The van der Waals surface area contributed by atoms with Crippen molar-refractivity contribution in [2.24, 2.45) is 5.92 Å². The van der Waals surface area contributed by atoms with Crippen LogP contribution in [0.5, 0.6) is 0 Å². The van der Waals surface area contributed by atoms with E-state index in [4.69, 9.17) is 28.3 Å². The van der Waals surface area contributed by atoms with Gasteiger partial charge in [0.1, 0.15) is 0 Å². The summed E-state index contributed by atoms with van der Waals surface area (Å²) in [5, 5.41) is 13.1. The predicted octanol–water partition coefficient (Wildman–Crippen LogP) is 3.43. The lowest BCUT2D eigenvalue weighted by Crippen LogP contribution is -2.49. The molecule has 2 rings (SSSR count). The molecular weight excluding hydrogens is 339 g/mol. The quantitative estimate of drug-likeness (QED) is 0.865. The summed E-state index contributed by atoms with van der Waals surface area (Å²) >= 11 is 12.0. The smallest absolute Gasteiger partial charge is 0.317 e. The Morgan fingerprint density at radius 1 is 1.43 bits per heavy atom. The lowest BCUT2D eigenvalue weighted by Gasteiger charge is -2.31. The normalized spacial score (nSPS) is 19.3. The maximum atomic E-state index is 12.3. The van der Waals surface area contributed by atoms with E-state index < -0.39 is 11.9 Å². The lowest BCUT2D eigenvalue weighted by atomic mass is 9.98. The van der Waals surface area contributed by atoms with Gasteiger partial charge in [0, 0.05) is 29.2 Å². The van der Waals surface area contributed by atoms with Crippen LogP contribution in [-0.2, 0) is 11.2 Å². The monoisotopic (exact) mass is 358 g/mol. The van der Waals surface area contributed by atoms with Crippen LogP contribution in [0.2, 0.25) is 10.0 Å². The molecule has 2 N–H and O–H groups in total. The third-order valence-electron chi connectivity index (χ3n) is 3.97. The third kappa shape index (κ3) is 5.01. The Morgan fingerprint density at radius 2 is 2.17 bits per heavy atom. The number of nitrogens with one attached hydrogen (secondary N) is 1. The molecule has 1 heterocycles. The molecular formula is C16H20Cl2N2O3. The molecule has 1 aliphatic rings. The first-order chi connectivity index (χ1) is 10.9. The van der Waals surface area contributed by atoms with Gasteiger partial charge in [-0.3, -0.25) is 4.79 Å². The number of benzene rings is 1. The molecule has 2 amide bonds. The van der Waals surface area contributed by atoms with Crippen molar-refractivity contribution in [3.8, 4) is 0 Å². The molecule has 5 nitrogen and oxygen atoms in total. The minimum Gasteiger partial charge on any atom is -0.481 e. The van der Waals surface area contributed by atoms with Crippen molar-refractivity contribution in [2.75, 3.05) is 13.1 Å². The van der Waals surface area contributed by atoms with Crippen molar-refractivity contribution in [1.82, 2.24) is 10.2 Å². The highest BCUT2D eigenvalue weighted by atomic mass is 35.5. The highest BCUT2D eigenvalue weighted by Crippen LogP contribution is 2.22. The number of hydrogen-bond donors (Lipinski definition) is 2. The fourth-order valence-corrected chi connectivity index (χ4v) is 3.22. The Balaban J connectivity index is 1.90. The molecule has 1 aromatic carbocycles. The first-order valence-corrected chi connectivity index (χ1v) is 8.34. The van der Waals surface area contributed by atoms with Crippen LogP contribution >= 0.6 is 23.2 Å². The highest BCUT2D eigenvalue weighted by molar-refractivity contribution is 6.35. The minimum absolute atomic E-state index is 0.119. The molecule has 1 aliphatic heterocycles. The number of hydrogen-bond acceptors (Lipinski definition) is 2. The largest absolute Gasteiger partial charge is 0.481 e. The Labute approximate surface area is 145 Å². The molecule has 23 heavy (non-hydrogen) atoms. The number of carbonyl (C=O) groups is 2. The van der Waals surface area contributed by atoms with Crippen molar-refractivity contribution in [1.29, 1.82) is 0 Å². The summed E-state index contributed by atoms with van der Waals surface area (Å²) in [4.78, 5) is 24.9. The zero-order valence-corrected chi connectivity index (χ0v) is 14.4. The maximum absolute atomic E-state index is 12.3. The van der Waals surface area contributed by atoms with Crippen molar-refractivity contribution in [3.63, 3.8) is 0 Å². The second-order valence-corrected chi connectivity index (χ2v) is 6.76. The van der Waals surface area contributed by atoms with E-state index in [1.54, 1.807) is 17.0 Å². The number of carbonyl (C=O) groups excluding carboxylic acids is 1. The van der Waals surface area contributed by atoms with Gasteiger partial charge in [0.25, 0.3) is 0 Å². The summed E-state index contributed by atoms with van der Waals surface area (Å²) in [6.07, 6.45) is 1.91. The molecule has 0 radical (unpaired) electrons. The number of carboxylic acids is 1. The summed E-state index contributed by atoms with van der Waals surface area (Å²) in [6.45, 7) is 2.74. The number of aliphatic carboxylic acids is 1. The number of likely N-dealkylation sites (tertiary alicyclic amines) is 1. The van der Waals surface area contributed by atoms with Gasteiger partial charge < -0.3 is 15.3 Å². The van der Waals surface area contributed by atoms with E-state index >= 15 is 0 Å². The molecule has 0 saturated carbocycles. The first kappa shape index (κ1) is 17.9. The SMILES string of the molecule is CC(Cc1ccc(Cl)cc1Cl)NC(=O)N1CCCC(C(=O)O)C1. The number of halogens is 2. The molecule has 7 heteroatoms. The first-order valence-electron chi connectivity index (χ1n) is 7.59. The number of carboxylic acid groups (broad SMARTS) is 1. The Hall–Kier alpha value is -1.46. The third-order valence-corrected chi connectivity index (χ3v) is 4.56. The fraction of sp³-hybridized carbons (Fsp3) is 0.500. The molecule has 0 bridgehead atoms. The van der Waals surface area contributed by atoms with E-state index in [0.29, 0.717) is 35.9 Å². The summed E-state index contributed by atoms with van der Waals surface area (Å²) in [6, 6.07) is 4.93. The van der Waals surface area contributed by atoms with Gasteiger partial charge in [-0.1, -0.05) is 29.3 Å². The topological polar surface area (TPSA) is 69.6 Å². The Morgan fingerprint density at radius 3 is 2.83 bits per heavy atom. The van der Waals surface area contributed by atoms with Crippen LogP contribution in [0.15, 0.2) is 18.2 Å². The molecule has 2 atom stereocenters. The van der Waals surface area contributed by atoms with Gasteiger partial charge in [-0.2, -0.15) is 0 Å². The Kier molecular flexibility index (Phi) is 6.13. The summed E-state index contributed by atoms with van der Waals surface area (Å²) in [7, 11) is 0. The molecule has 1 aromatic rings. The maximum Gasteiger partial charge on any atom is 0.317 e. The predicted molar refractivity (Wildman–Crippen MR) is 90.1 cm³/mol. The van der Waals surface area contributed by atoms with E-state index in [1.807, 2.05) is 13.0 Å². The van der Waals surface area contributed by atoms with Gasteiger partial charge in [-0.15, -0.1) is 0 Å². The minimum atomic E-state index is -0.844. The van der Waals surface area contributed by atoms with Crippen molar-refractivity contribution in [3.05, 3.63) is 33.8 Å². The average molecular weight is 359 g/mol. The molecule has 0 spiro atoms. The van der Waals surface area contributed by atoms with Crippen LogP contribution in [0.1, 0.15) is 25.3 Å². The second kappa shape index (κ2) is 7.88. The van der Waals surface area contributed by atoms with Crippen LogP contribution in [0.3, 0.4) is 0 Å². The molecule has 1 saturated heterocycles. The van der Waals surface area contributed by atoms with Crippen LogP contribution in [0.4, 0.5) is 4.79 Å². The highest BCUT2D eigenvalue weighted by Gasteiger charge is 2.28. The molecule has 126 valence electrons. The van der Waals surface area contributed by atoms with Gasteiger partial charge in [0.05, 0.1) is 5.92 Å². The van der Waals surface area contributed by atoms with Crippen molar-refractivity contribution in [2.45, 2.75) is 32.2 Å². The van der Waals surface area contributed by atoms with E-state index in [9.17, 15) is 9.59 Å². The van der Waals surface area contributed by atoms with Gasteiger partial charge >= 0.3 is 12.0 Å². The second-order valence-electron chi connectivity index (χ2n) is 5.91. The van der Waals surface area contributed by atoms with E-state index in [-0.39, 0.29) is 18.6 Å². The lowest BCUT2D eigenvalue weighted by molar-refractivity contribution is -0.143. The summed E-state index contributed by atoms with van der Waals surface area (Å²) < 4.78 is 0. The van der Waals surface area contributed by atoms with Gasteiger partial charge in [-0.05, 0) is 43.9 Å². The number of nitrogens with zero attached hydrogens (tertiary/aromatic N) is 1. The molecule has 1 fully saturated rings. The zero-order chi connectivity index (χ0) is 17.0. The van der Waals surface area contributed by atoms with E-state index in [1.165, 1.54) is 0 Å². The zero-order valence-electron chi connectivity index (χ0n) is 12.9. The van der Waals surface area contributed by atoms with Gasteiger partial charge in [-0.25, -0.2) is 4.79 Å². The summed E-state index contributed by atoms with van der Waals surface area (Å²) in [5.74, 6) is -1.32. The van der Waals surface area contributed by atoms with Crippen LogP contribution in [-0.4, -0.2) is 41.1 Å². The van der Waals surface area contributed by atoms with Gasteiger partial charge in [0.2, 0.25) is 0 Å². The molecule has 0 aromatic heterocycles. The fourth-order valence-electron chi connectivity index (χ4n) is 2.73. The number of urea groups is 1. The summed E-state index contributed by atoms with van der Waals surface area (Å²) in [5.41, 5.74) is 0.908. The number of piperidine rings is 1. The van der Waals surface area contributed by atoms with Crippen LogP contribution in [0, 0.1) is 5.92 Å². The molecule has 2 unspecified atom stereocenters. The molecule has 0 aliphatic carbocycles. The standard InChI is InChI=1S/C16H20Cl2N2O3/c1-10(7-11-4-5-13(17)8-14(11)18)19-16(23)20-6-2-3-12(9-20)15(21)22/h4-5,8,10,12H,2-3,6-7,9H2,1H3,(H,19,23)(H,21,22).